The number of hydrogen-bond donors (Lipinski definition) is 0. The van der Waals surface area contributed by atoms with Crippen LogP contribution in [-0.2, 0) is 9.53 Å². The Balaban J connectivity index is 1.43. The predicted octanol–water partition coefficient (Wildman–Crippen LogP) is 4.11. The summed E-state index contributed by atoms with van der Waals surface area (Å²) in [5.41, 5.74) is 2.02. The number of carbonyl (C=O) groups is 1. The van der Waals surface area contributed by atoms with E-state index in [4.69, 9.17) is 24.7 Å². The summed E-state index contributed by atoms with van der Waals surface area (Å²) in [6.07, 6.45) is 0.355. The number of amides is 1. The lowest BCUT2D eigenvalue weighted by Gasteiger charge is -2.44. The Hall–Kier alpha value is -3.06. The molecule has 4 unspecified atom stereocenters. The van der Waals surface area contributed by atoms with E-state index in [0.29, 0.717) is 80.8 Å². The SMILES string of the molecule is CC(=O)N1CCN(C2=NC3=C(N=C(c4cnc(C5CC(C)C5)nc4)N(C)C3N3CCOCC3)C(C)C(CC(F)(F)F)C2)CC1C. The average molecular weight is 631 g/mol. The topological polar surface area (TPSA) is 89.8 Å². The number of likely N-dealkylation sites (N-methyl/N-ethyl adjacent to an activating group) is 1. The monoisotopic (exact) mass is 630 g/mol. The molecule has 1 aromatic rings. The number of aromatic nitrogens is 2. The minimum Gasteiger partial charge on any atom is -0.379 e. The Bertz CT molecular complexity index is 1350. The second kappa shape index (κ2) is 12.6. The van der Waals surface area contributed by atoms with Crippen molar-refractivity contribution in [2.75, 3.05) is 53.0 Å². The number of amidine groups is 2. The standard InChI is InChI=1S/C32H45F3N8O2/c1-19-12-23(13-19)29-36-16-25(17-37-29)30-39-27-21(3)24(15-32(33,34)35)14-26(42-6-7-43(22(4)44)20(2)18-42)38-28(27)31(40(30)5)41-8-10-45-11-9-41/h16-17,19-21,23-24,31H,6-15,18H2,1-5H3. The maximum atomic E-state index is 14.1. The number of nitrogens with zero attached hydrogens (tertiary/aromatic N) is 8. The molecule has 1 aliphatic carbocycles. The maximum Gasteiger partial charge on any atom is 0.389 e. The zero-order valence-corrected chi connectivity index (χ0v) is 26.9. The fourth-order valence-electron chi connectivity index (χ4n) is 7.64. The van der Waals surface area contributed by atoms with Crippen LogP contribution < -0.4 is 0 Å². The minimum absolute atomic E-state index is 0.000862. The highest BCUT2D eigenvalue weighted by atomic mass is 19.4. The third-order valence-electron chi connectivity index (χ3n) is 10.2. The van der Waals surface area contributed by atoms with Gasteiger partial charge in [-0.1, -0.05) is 13.8 Å². The number of rotatable bonds is 4. The smallest absolute Gasteiger partial charge is 0.379 e. The van der Waals surface area contributed by atoms with E-state index in [1.54, 1.807) is 6.92 Å². The van der Waals surface area contributed by atoms with Gasteiger partial charge in [-0.3, -0.25) is 9.69 Å². The minimum atomic E-state index is -4.33. The van der Waals surface area contributed by atoms with E-state index in [9.17, 15) is 18.0 Å². The van der Waals surface area contributed by atoms with Gasteiger partial charge in [0, 0.05) is 89.8 Å². The highest BCUT2D eigenvalue weighted by Crippen LogP contribution is 2.43. The van der Waals surface area contributed by atoms with E-state index < -0.39 is 24.4 Å². The van der Waals surface area contributed by atoms with Crippen molar-refractivity contribution in [3.05, 3.63) is 35.2 Å². The Kier molecular flexibility index (Phi) is 8.95. The molecule has 0 bridgehead atoms. The molecule has 1 aromatic heterocycles. The van der Waals surface area contributed by atoms with Gasteiger partial charge in [0.2, 0.25) is 5.91 Å². The number of halogens is 3. The van der Waals surface area contributed by atoms with Crippen molar-refractivity contribution in [1.29, 1.82) is 0 Å². The molecule has 0 N–H and O–H groups in total. The number of ether oxygens (including phenoxy) is 1. The first kappa shape index (κ1) is 31.9. The van der Waals surface area contributed by atoms with Crippen molar-refractivity contribution in [3.8, 4) is 0 Å². The molecule has 0 radical (unpaired) electrons. The van der Waals surface area contributed by atoms with Gasteiger partial charge in [0.05, 0.1) is 24.5 Å². The van der Waals surface area contributed by atoms with Crippen LogP contribution in [0.1, 0.15) is 70.7 Å². The molecule has 0 aromatic carbocycles. The lowest BCUT2D eigenvalue weighted by molar-refractivity contribution is -0.146. The van der Waals surface area contributed by atoms with Crippen molar-refractivity contribution in [2.24, 2.45) is 27.7 Å². The highest BCUT2D eigenvalue weighted by Gasteiger charge is 2.44. The van der Waals surface area contributed by atoms with Crippen LogP contribution in [0.3, 0.4) is 0 Å². The summed E-state index contributed by atoms with van der Waals surface area (Å²) in [5, 5.41) is 0. The summed E-state index contributed by atoms with van der Waals surface area (Å²) in [6.45, 7) is 11.6. The van der Waals surface area contributed by atoms with Crippen LogP contribution in [0.4, 0.5) is 13.2 Å². The molecule has 0 spiro atoms. The number of alkyl halides is 3. The van der Waals surface area contributed by atoms with Crippen LogP contribution in [0.15, 0.2) is 33.8 Å². The van der Waals surface area contributed by atoms with Gasteiger partial charge in [-0.2, -0.15) is 13.2 Å². The maximum absolute atomic E-state index is 14.1. The molecule has 4 atom stereocenters. The van der Waals surface area contributed by atoms with Crippen LogP contribution in [0, 0.1) is 17.8 Å². The predicted molar refractivity (Wildman–Crippen MR) is 164 cm³/mol. The van der Waals surface area contributed by atoms with Crippen molar-refractivity contribution < 1.29 is 22.7 Å². The summed E-state index contributed by atoms with van der Waals surface area (Å²) in [4.78, 5) is 40.2. The Morgan fingerprint density at radius 3 is 2.29 bits per heavy atom. The zero-order chi connectivity index (χ0) is 32.0. The normalized spacial score (nSPS) is 31.6. The lowest BCUT2D eigenvalue weighted by atomic mass is 9.76. The van der Waals surface area contributed by atoms with Crippen LogP contribution in [0.2, 0.25) is 0 Å². The molecule has 10 nitrogen and oxygen atoms in total. The van der Waals surface area contributed by atoms with E-state index in [-0.39, 0.29) is 24.5 Å². The largest absolute Gasteiger partial charge is 0.389 e. The van der Waals surface area contributed by atoms with Gasteiger partial charge < -0.3 is 19.4 Å². The van der Waals surface area contributed by atoms with E-state index in [0.717, 1.165) is 24.2 Å². The molecule has 5 heterocycles. The number of carbonyl (C=O) groups excluding carboxylic acids is 1. The van der Waals surface area contributed by atoms with Gasteiger partial charge in [0.1, 0.15) is 29.4 Å². The molecule has 4 aliphatic heterocycles. The van der Waals surface area contributed by atoms with E-state index in [2.05, 4.69) is 21.6 Å². The molecule has 45 heavy (non-hydrogen) atoms. The molecule has 1 amide bonds. The van der Waals surface area contributed by atoms with Crippen molar-refractivity contribution >= 4 is 17.6 Å². The Morgan fingerprint density at radius 2 is 1.69 bits per heavy atom. The van der Waals surface area contributed by atoms with Crippen LogP contribution in [0.25, 0.3) is 0 Å². The fourth-order valence-corrected chi connectivity index (χ4v) is 7.64. The number of hydrogen-bond acceptors (Lipinski definition) is 9. The van der Waals surface area contributed by atoms with Gasteiger partial charge >= 0.3 is 6.18 Å². The van der Waals surface area contributed by atoms with Gasteiger partial charge in [-0.05, 0) is 31.6 Å². The first-order valence-corrected chi connectivity index (χ1v) is 16.3. The summed E-state index contributed by atoms with van der Waals surface area (Å²) in [6, 6.07) is -0.0750. The summed E-state index contributed by atoms with van der Waals surface area (Å²) < 4.78 is 47.9. The third-order valence-corrected chi connectivity index (χ3v) is 10.2. The second-order valence-electron chi connectivity index (χ2n) is 13.5. The van der Waals surface area contributed by atoms with E-state index >= 15 is 0 Å². The Labute approximate surface area is 263 Å². The van der Waals surface area contributed by atoms with Gasteiger partial charge in [-0.15, -0.1) is 0 Å². The zero-order valence-electron chi connectivity index (χ0n) is 26.9. The second-order valence-corrected chi connectivity index (χ2v) is 13.5. The molecular formula is C32H45F3N8O2. The molecular weight excluding hydrogens is 585 g/mol. The molecule has 5 aliphatic rings. The number of allylic oxidation sites excluding steroid dienone is 1. The fraction of sp³-hybridized carbons (Fsp3) is 0.719. The number of morpholine rings is 1. The third kappa shape index (κ3) is 6.61. The molecule has 246 valence electrons. The first-order valence-electron chi connectivity index (χ1n) is 16.3. The van der Waals surface area contributed by atoms with Crippen molar-refractivity contribution in [2.45, 2.75) is 77.7 Å². The van der Waals surface area contributed by atoms with Crippen LogP contribution >= 0.6 is 0 Å². The van der Waals surface area contributed by atoms with Crippen molar-refractivity contribution in [1.82, 2.24) is 29.6 Å². The summed E-state index contributed by atoms with van der Waals surface area (Å²) in [7, 11) is 1.97. The summed E-state index contributed by atoms with van der Waals surface area (Å²) >= 11 is 0. The number of piperazine rings is 1. The highest BCUT2D eigenvalue weighted by molar-refractivity contribution is 6.00. The van der Waals surface area contributed by atoms with Crippen LogP contribution in [-0.4, -0.2) is 119 Å². The van der Waals surface area contributed by atoms with Gasteiger partial charge in [0.25, 0.3) is 0 Å². The van der Waals surface area contributed by atoms with E-state index in [1.165, 1.54) is 0 Å². The quantitative estimate of drug-likeness (QED) is 0.495. The van der Waals surface area contributed by atoms with Crippen molar-refractivity contribution in [3.63, 3.8) is 0 Å². The van der Waals surface area contributed by atoms with Crippen LogP contribution in [0.5, 0.6) is 0 Å². The Morgan fingerprint density at radius 1 is 1.00 bits per heavy atom. The molecule has 13 heteroatoms. The molecule has 2 saturated heterocycles. The first-order chi connectivity index (χ1) is 21.4. The number of aliphatic imine (C=N–C) groups is 2. The van der Waals surface area contributed by atoms with Gasteiger partial charge in [0.15, 0.2) is 0 Å². The molecule has 1 saturated carbocycles. The molecule has 6 rings (SSSR count). The van der Waals surface area contributed by atoms with E-state index in [1.807, 2.05) is 38.2 Å². The average Bonchev–Trinajstić information content (AvgIpc) is 3.10. The summed E-state index contributed by atoms with van der Waals surface area (Å²) in [5.74, 6) is 1.93. The lowest BCUT2D eigenvalue weighted by Crippen LogP contribution is -2.56. The molecule has 3 fully saturated rings. The van der Waals surface area contributed by atoms with Gasteiger partial charge in [-0.25, -0.2) is 20.0 Å².